The van der Waals surface area contributed by atoms with E-state index in [-0.39, 0.29) is 30.0 Å². The molecule has 0 N–H and O–H groups in total. The highest BCUT2D eigenvalue weighted by Crippen LogP contribution is 2.41. The molecule has 1 amide bonds. The number of rotatable bonds is 5. The van der Waals surface area contributed by atoms with Crippen molar-refractivity contribution < 1.29 is 14.3 Å². The number of amides is 1. The van der Waals surface area contributed by atoms with Gasteiger partial charge in [0.2, 0.25) is 0 Å². The first-order chi connectivity index (χ1) is 13.9. The number of carbonyl (C=O) groups is 1. The van der Waals surface area contributed by atoms with Crippen molar-refractivity contribution in [3.05, 3.63) is 36.2 Å². The second-order valence-electron chi connectivity index (χ2n) is 9.08. The van der Waals surface area contributed by atoms with E-state index < -0.39 is 0 Å². The van der Waals surface area contributed by atoms with Gasteiger partial charge in [-0.1, -0.05) is 38.1 Å². The first-order valence-corrected chi connectivity index (χ1v) is 10.4. The smallest absolute Gasteiger partial charge is 0.261 e. The highest BCUT2D eigenvalue weighted by Gasteiger charge is 2.44. The summed E-state index contributed by atoms with van der Waals surface area (Å²) in [7, 11) is 1.60. The Kier molecular flexibility index (Phi) is 5.23. The van der Waals surface area contributed by atoms with Crippen molar-refractivity contribution in [2.75, 3.05) is 13.7 Å². The van der Waals surface area contributed by atoms with Crippen molar-refractivity contribution in [3.63, 3.8) is 0 Å². The van der Waals surface area contributed by atoms with Gasteiger partial charge in [0.1, 0.15) is 0 Å². The molecule has 0 spiro atoms. The van der Waals surface area contributed by atoms with Crippen LogP contribution in [0, 0.1) is 0 Å². The third-order valence-electron chi connectivity index (χ3n) is 6.07. The van der Waals surface area contributed by atoms with Crippen molar-refractivity contribution in [2.45, 2.75) is 70.0 Å². The predicted molar refractivity (Wildman–Crippen MR) is 109 cm³/mol. The summed E-state index contributed by atoms with van der Waals surface area (Å²) in [6.07, 6.45) is 6.00. The molecule has 2 atom stereocenters. The zero-order valence-electron chi connectivity index (χ0n) is 17.7. The Balaban J connectivity index is 1.40. The maximum absolute atomic E-state index is 12.9. The summed E-state index contributed by atoms with van der Waals surface area (Å²) in [5.74, 6) is 1.29. The summed E-state index contributed by atoms with van der Waals surface area (Å²) in [4.78, 5) is 15.0. The number of piperidine rings is 1. The molecule has 156 valence electrons. The van der Waals surface area contributed by atoms with Gasteiger partial charge in [0.25, 0.3) is 5.91 Å². The summed E-state index contributed by atoms with van der Waals surface area (Å²) < 4.78 is 13.1. The molecule has 0 aliphatic carbocycles. The van der Waals surface area contributed by atoms with E-state index in [2.05, 4.69) is 37.3 Å². The van der Waals surface area contributed by atoms with Crippen molar-refractivity contribution in [2.24, 2.45) is 0 Å². The maximum Gasteiger partial charge on any atom is 0.261 e. The molecular weight excluding hydrogens is 368 g/mol. The number of methoxy groups -OCH3 is 1. The van der Waals surface area contributed by atoms with E-state index in [4.69, 9.17) is 9.47 Å². The van der Waals surface area contributed by atoms with Crippen molar-refractivity contribution in [3.8, 4) is 11.5 Å². The minimum Gasteiger partial charge on any atom is -0.493 e. The van der Waals surface area contributed by atoms with Gasteiger partial charge in [0, 0.05) is 23.7 Å². The van der Waals surface area contributed by atoms with Gasteiger partial charge >= 0.3 is 0 Å². The number of ether oxygens (including phenoxy) is 2. The van der Waals surface area contributed by atoms with E-state index >= 15 is 0 Å². The molecule has 0 radical (unpaired) electrons. The molecule has 3 heterocycles. The molecule has 4 rings (SSSR count). The number of hydrogen-bond acceptors (Lipinski definition) is 5. The molecule has 7 heteroatoms. The Labute approximate surface area is 172 Å². The summed E-state index contributed by atoms with van der Waals surface area (Å²) in [6.45, 7) is 6.48. The van der Waals surface area contributed by atoms with Crippen molar-refractivity contribution in [1.82, 2.24) is 19.9 Å². The molecule has 2 unspecified atom stereocenters. The topological polar surface area (TPSA) is 69.5 Å². The van der Waals surface area contributed by atoms with Crippen LogP contribution in [0.1, 0.15) is 58.2 Å². The van der Waals surface area contributed by atoms with E-state index in [9.17, 15) is 4.79 Å². The van der Waals surface area contributed by atoms with Gasteiger partial charge in [-0.2, -0.15) is 0 Å². The van der Waals surface area contributed by atoms with Gasteiger partial charge in [-0.15, -0.1) is 5.10 Å². The zero-order valence-corrected chi connectivity index (χ0v) is 17.7. The lowest BCUT2D eigenvalue weighted by atomic mass is 9.93. The molecule has 0 saturated carbocycles. The van der Waals surface area contributed by atoms with Gasteiger partial charge in [0.15, 0.2) is 18.1 Å². The number of benzene rings is 1. The Morgan fingerprint density at radius 3 is 2.34 bits per heavy atom. The standard InChI is InChI=1S/C22H30N4O3/c1-22(2,3)20-13-25(24-23-20)17-11-15-9-10-16(12-17)26(15)21(27)14-29-19-8-6-5-7-18(19)28-4/h5-8,13,15-17H,9-12,14H2,1-4H3. The molecule has 29 heavy (non-hydrogen) atoms. The number of aromatic nitrogens is 3. The van der Waals surface area contributed by atoms with Crippen molar-refractivity contribution >= 4 is 5.91 Å². The van der Waals surface area contributed by atoms with Gasteiger partial charge in [-0.25, -0.2) is 4.68 Å². The Hall–Kier alpha value is -2.57. The Morgan fingerprint density at radius 1 is 1.10 bits per heavy atom. The average molecular weight is 399 g/mol. The first-order valence-electron chi connectivity index (χ1n) is 10.4. The van der Waals surface area contributed by atoms with Crippen LogP contribution >= 0.6 is 0 Å². The third-order valence-corrected chi connectivity index (χ3v) is 6.07. The average Bonchev–Trinajstić information content (AvgIpc) is 3.29. The van der Waals surface area contributed by atoms with Crippen LogP contribution in [0.3, 0.4) is 0 Å². The van der Waals surface area contributed by atoms with Gasteiger partial charge < -0.3 is 14.4 Å². The summed E-state index contributed by atoms with van der Waals surface area (Å²) in [5, 5.41) is 8.76. The molecule has 2 aliphatic heterocycles. The number of hydrogen-bond donors (Lipinski definition) is 0. The van der Waals surface area contributed by atoms with Crippen LogP contribution in [-0.2, 0) is 10.2 Å². The van der Waals surface area contributed by atoms with Gasteiger partial charge in [-0.05, 0) is 37.8 Å². The quantitative estimate of drug-likeness (QED) is 0.772. The van der Waals surface area contributed by atoms with Crippen LogP contribution in [-0.4, -0.2) is 51.6 Å². The molecule has 2 fully saturated rings. The second-order valence-corrected chi connectivity index (χ2v) is 9.08. The van der Waals surface area contributed by atoms with Crippen LogP contribution in [0.15, 0.2) is 30.5 Å². The number of nitrogens with zero attached hydrogens (tertiary/aromatic N) is 4. The molecular formula is C22H30N4O3. The predicted octanol–water partition coefficient (Wildman–Crippen LogP) is 3.36. The molecule has 1 aromatic carbocycles. The summed E-state index contributed by atoms with van der Waals surface area (Å²) >= 11 is 0. The fraction of sp³-hybridized carbons (Fsp3) is 0.591. The molecule has 7 nitrogen and oxygen atoms in total. The SMILES string of the molecule is COc1ccccc1OCC(=O)N1C2CCC1CC(n1cc(C(C)(C)C)nn1)C2. The van der Waals surface area contributed by atoms with Crippen LogP contribution < -0.4 is 9.47 Å². The number of carbonyl (C=O) groups excluding carboxylic acids is 1. The van der Waals surface area contributed by atoms with Crippen LogP contribution in [0.2, 0.25) is 0 Å². The monoisotopic (exact) mass is 398 g/mol. The maximum atomic E-state index is 12.9. The highest BCUT2D eigenvalue weighted by molar-refractivity contribution is 5.79. The highest BCUT2D eigenvalue weighted by atomic mass is 16.5. The Morgan fingerprint density at radius 2 is 1.76 bits per heavy atom. The molecule has 1 aromatic heterocycles. The summed E-state index contributed by atoms with van der Waals surface area (Å²) in [5.41, 5.74) is 0.998. The lowest BCUT2D eigenvalue weighted by Crippen LogP contribution is -2.48. The zero-order chi connectivity index (χ0) is 20.6. The normalized spacial score (nSPS) is 23.9. The molecule has 2 aliphatic rings. The number of fused-ring (bicyclic) bond motifs is 2. The van der Waals surface area contributed by atoms with E-state index in [0.29, 0.717) is 17.5 Å². The lowest BCUT2D eigenvalue weighted by molar-refractivity contribution is -0.138. The van der Waals surface area contributed by atoms with Gasteiger partial charge in [0.05, 0.1) is 18.8 Å². The minimum atomic E-state index is -0.0102. The number of para-hydroxylation sites is 2. The molecule has 2 bridgehead atoms. The van der Waals surface area contributed by atoms with E-state index in [1.54, 1.807) is 7.11 Å². The second kappa shape index (κ2) is 7.69. The molecule has 2 aromatic rings. The van der Waals surface area contributed by atoms with Crippen LogP contribution in [0.25, 0.3) is 0 Å². The third kappa shape index (κ3) is 3.95. The van der Waals surface area contributed by atoms with Crippen LogP contribution in [0.4, 0.5) is 0 Å². The Bertz CT molecular complexity index is 859. The van der Waals surface area contributed by atoms with E-state index in [1.165, 1.54) is 0 Å². The van der Waals surface area contributed by atoms with Crippen LogP contribution in [0.5, 0.6) is 11.5 Å². The van der Waals surface area contributed by atoms with Gasteiger partial charge in [-0.3, -0.25) is 4.79 Å². The fourth-order valence-electron chi connectivity index (χ4n) is 4.52. The lowest BCUT2D eigenvalue weighted by Gasteiger charge is -2.38. The van der Waals surface area contributed by atoms with E-state index in [1.807, 2.05) is 33.8 Å². The minimum absolute atomic E-state index is 0.0102. The first kappa shape index (κ1) is 19.7. The largest absolute Gasteiger partial charge is 0.493 e. The summed E-state index contributed by atoms with van der Waals surface area (Å²) in [6, 6.07) is 8.21. The fourth-order valence-corrected chi connectivity index (χ4v) is 4.52. The molecule has 2 saturated heterocycles. The van der Waals surface area contributed by atoms with Crippen molar-refractivity contribution in [1.29, 1.82) is 0 Å². The van der Waals surface area contributed by atoms with E-state index in [0.717, 1.165) is 31.4 Å².